The van der Waals surface area contributed by atoms with E-state index in [4.69, 9.17) is 4.74 Å². The SMILES string of the molecule is CC(C)(C)OC(=O)N(c1ccccc1)c1ccc(C2CCCCN2C=O)cn1. The lowest BCUT2D eigenvalue weighted by Crippen LogP contribution is -2.34. The highest BCUT2D eigenvalue weighted by Gasteiger charge is 2.27. The molecule has 1 aromatic heterocycles. The van der Waals surface area contributed by atoms with Crippen LogP contribution in [0.15, 0.2) is 48.7 Å². The Bertz CT molecular complexity index is 800. The first-order valence-electron chi connectivity index (χ1n) is 9.64. The molecule has 1 fully saturated rings. The van der Waals surface area contributed by atoms with Crippen LogP contribution < -0.4 is 4.90 Å². The molecule has 2 aromatic rings. The molecule has 0 aliphatic carbocycles. The van der Waals surface area contributed by atoms with Crippen LogP contribution >= 0.6 is 0 Å². The Hall–Kier alpha value is -2.89. The smallest absolute Gasteiger partial charge is 0.420 e. The lowest BCUT2D eigenvalue weighted by Gasteiger charge is -2.33. The topological polar surface area (TPSA) is 62.7 Å². The normalized spacial score (nSPS) is 17.1. The molecule has 1 aromatic carbocycles. The van der Waals surface area contributed by atoms with E-state index < -0.39 is 11.7 Å². The van der Waals surface area contributed by atoms with E-state index in [0.29, 0.717) is 11.5 Å². The van der Waals surface area contributed by atoms with Crippen LogP contribution in [-0.4, -0.2) is 34.5 Å². The largest absolute Gasteiger partial charge is 0.443 e. The zero-order valence-corrected chi connectivity index (χ0v) is 16.7. The molecular formula is C22H27N3O3. The number of aromatic nitrogens is 1. The number of likely N-dealkylation sites (tertiary alicyclic amines) is 1. The van der Waals surface area contributed by atoms with Crippen LogP contribution in [0.5, 0.6) is 0 Å². The Morgan fingerprint density at radius 3 is 2.54 bits per heavy atom. The van der Waals surface area contributed by atoms with Crippen LogP contribution in [-0.2, 0) is 9.53 Å². The molecule has 0 N–H and O–H groups in total. The van der Waals surface area contributed by atoms with Gasteiger partial charge in [0, 0.05) is 12.7 Å². The summed E-state index contributed by atoms with van der Waals surface area (Å²) in [7, 11) is 0. The highest BCUT2D eigenvalue weighted by Crippen LogP contribution is 2.31. The Kier molecular flexibility index (Phi) is 5.97. The molecular weight excluding hydrogens is 354 g/mol. The van der Waals surface area contributed by atoms with Gasteiger partial charge in [-0.25, -0.2) is 14.7 Å². The second-order valence-corrected chi connectivity index (χ2v) is 7.96. The molecule has 1 unspecified atom stereocenters. The van der Waals surface area contributed by atoms with Crippen LogP contribution in [0.3, 0.4) is 0 Å². The molecule has 2 amide bonds. The number of carbonyl (C=O) groups excluding carboxylic acids is 2. The van der Waals surface area contributed by atoms with Gasteiger partial charge in [-0.3, -0.25) is 4.79 Å². The van der Waals surface area contributed by atoms with Crippen LogP contribution in [0.4, 0.5) is 16.3 Å². The Morgan fingerprint density at radius 2 is 1.93 bits per heavy atom. The Morgan fingerprint density at radius 1 is 1.18 bits per heavy atom. The van der Waals surface area contributed by atoms with Gasteiger partial charge in [0.25, 0.3) is 0 Å². The quantitative estimate of drug-likeness (QED) is 0.711. The molecule has 1 saturated heterocycles. The first kappa shape index (κ1) is 19.9. The first-order valence-corrected chi connectivity index (χ1v) is 9.64. The summed E-state index contributed by atoms with van der Waals surface area (Å²) in [6.45, 7) is 6.27. The van der Waals surface area contributed by atoms with E-state index in [2.05, 4.69) is 4.98 Å². The zero-order valence-electron chi connectivity index (χ0n) is 16.7. The summed E-state index contributed by atoms with van der Waals surface area (Å²) in [4.78, 5) is 32.0. The van der Waals surface area contributed by atoms with Gasteiger partial charge in [-0.2, -0.15) is 0 Å². The van der Waals surface area contributed by atoms with Gasteiger partial charge in [-0.15, -0.1) is 0 Å². The van der Waals surface area contributed by atoms with E-state index in [-0.39, 0.29) is 6.04 Å². The summed E-state index contributed by atoms with van der Waals surface area (Å²) in [5.41, 5.74) is 1.05. The molecule has 0 radical (unpaired) electrons. The molecule has 2 heterocycles. The number of nitrogens with zero attached hydrogens (tertiary/aromatic N) is 3. The van der Waals surface area contributed by atoms with Crippen molar-refractivity contribution in [3.8, 4) is 0 Å². The Balaban J connectivity index is 1.90. The van der Waals surface area contributed by atoms with Crippen molar-refractivity contribution in [3.63, 3.8) is 0 Å². The summed E-state index contributed by atoms with van der Waals surface area (Å²) in [6.07, 6.45) is 5.22. The highest BCUT2D eigenvalue weighted by atomic mass is 16.6. The third-order valence-corrected chi connectivity index (χ3v) is 4.65. The zero-order chi connectivity index (χ0) is 20.1. The van der Waals surface area contributed by atoms with E-state index in [1.54, 1.807) is 6.20 Å². The average Bonchev–Trinajstić information content (AvgIpc) is 2.68. The fourth-order valence-corrected chi connectivity index (χ4v) is 3.38. The third kappa shape index (κ3) is 4.68. The number of pyridine rings is 1. The predicted octanol–water partition coefficient (Wildman–Crippen LogP) is 4.84. The maximum atomic E-state index is 12.9. The molecule has 0 saturated carbocycles. The summed E-state index contributed by atoms with van der Waals surface area (Å²) in [6, 6.07) is 13.1. The van der Waals surface area contributed by atoms with Crippen LogP contribution in [0.25, 0.3) is 0 Å². The number of piperidine rings is 1. The van der Waals surface area contributed by atoms with Gasteiger partial charge in [-0.05, 0) is 63.8 Å². The third-order valence-electron chi connectivity index (χ3n) is 4.65. The van der Waals surface area contributed by atoms with Crippen molar-refractivity contribution in [1.29, 1.82) is 0 Å². The molecule has 0 spiro atoms. The van der Waals surface area contributed by atoms with E-state index in [9.17, 15) is 9.59 Å². The number of rotatable bonds is 4. The van der Waals surface area contributed by atoms with Gasteiger partial charge >= 0.3 is 6.09 Å². The highest BCUT2D eigenvalue weighted by molar-refractivity contribution is 5.95. The van der Waals surface area contributed by atoms with Gasteiger partial charge in [0.2, 0.25) is 6.41 Å². The lowest BCUT2D eigenvalue weighted by atomic mass is 9.97. The van der Waals surface area contributed by atoms with Crippen molar-refractivity contribution in [3.05, 3.63) is 54.2 Å². The van der Waals surface area contributed by atoms with Gasteiger partial charge in [0.15, 0.2) is 0 Å². The minimum atomic E-state index is -0.614. The van der Waals surface area contributed by atoms with E-state index in [1.165, 1.54) is 4.90 Å². The van der Waals surface area contributed by atoms with Gasteiger partial charge in [0.1, 0.15) is 11.4 Å². The molecule has 28 heavy (non-hydrogen) atoms. The number of anilines is 2. The fraction of sp³-hybridized carbons (Fsp3) is 0.409. The monoisotopic (exact) mass is 381 g/mol. The number of benzene rings is 1. The maximum absolute atomic E-state index is 12.9. The molecule has 1 aliphatic heterocycles. The van der Waals surface area contributed by atoms with Crippen molar-refractivity contribution < 1.29 is 14.3 Å². The van der Waals surface area contributed by atoms with E-state index >= 15 is 0 Å². The van der Waals surface area contributed by atoms with Gasteiger partial charge < -0.3 is 9.64 Å². The number of hydrogen-bond acceptors (Lipinski definition) is 4. The lowest BCUT2D eigenvalue weighted by molar-refractivity contribution is -0.121. The van der Waals surface area contributed by atoms with Crippen molar-refractivity contribution in [1.82, 2.24) is 9.88 Å². The number of hydrogen-bond donors (Lipinski definition) is 0. The Labute approximate surface area is 166 Å². The van der Waals surface area contributed by atoms with Crippen molar-refractivity contribution in [2.75, 3.05) is 11.4 Å². The van der Waals surface area contributed by atoms with Crippen LogP contribution in [0, 0.1) is 0 Å². The predicted molar refractivity (Wildman–Crippen MR) is 108 cm³/mol. The standard InChI is InChI=1S/C22H27N3O3/c1-22(2,3)28-21(27)25(18-9-5-4-6-10-18)20-13-12-17(15-23-20)19-11-7-8-14-24(19)16-26/h4-6,9-10,12-13,15-16,19H,7-8,11,14H2,1-3H3. The summed E-state index contributed by atoms with van der Waals surface area (Å²) >= 11 is 0. The first-order chi connectivity index (χ1) is 13.4. The van der Waals surface area contributed by atoms with Gasteiger partial charge in [-0.1, -0.05) is 24.3 Å². The van der Waals surface area contributed by atoms with Gasteiger partial charge in [0.05, 0.1) is 11.7 Å². The van der Waals surface area contributed by atoms with Crippen LogP contribution in [0.1, 0.15) is 51.6 Å². The fourth-order valence-electron chi connectivity index (χ4n) is 3.38. The second kappa shape index (κ2) is 8.42. The van der Waals surface area contributed by atoms with Crippen LogP contribution in [0.2, 0.25) is 0 Å². The summed E-state index contributed by atoms with van der Waals surface area (Å²) < 4.78 is 5.58. The number of amides is 2. The molecule has 1 aliphatic rings. The minimum Gasteiger partial charge on any atom is -0.443 e. The number of ether oxygens (including phenoxy) is 1. The average molecular weight is 381 g/mol. The molecule has 0 bridgehead atoms. The van der Waals surface area contributed by atoms with Crippen molar-refractivity contribution in [2.24, 2.45) is 0 Å². The number of carbonyl (C=O) groups is 2. The van der Waals surface area contributed by atoms with E-state index in [1.807, 2.05) is 68.1 Å². The molecule has 3 rings (SSSR count). The minimum absolute atomic E-state index is 0.0412. The van der Waals surface area contributed by atoms with E-state index in [0.717, 1.165) is 37.8 Å². The molecule has 148 valence electrons. The number of para-hydroxylation sites is 1. The maximum Gasteiger partial charge on any atom is 0.420 e. The molecule has 6 nitrogen and oxygen atoms in total. The molecule has 1 atom stereocenters. The summed E-state index contributed by atoms with van der Waals surface area (Å²) in [5.74, 6) is 0.484. The second-order valence-electron chi connectivity index (χ2n) is 7.96. The molecule has 6 heteroatoms. The summed E-state index contributed by atoms with van der Waals surface area (Å²) in [5, 5.41) is 0. The van der Waals surface area contributed by atoms with Crippen molar-refractivity contribution >= 4 is 24.0 Å². The van der Waals surface area contributed by atoms with Crippen molar-refractivity contribution in [2.45, 2.75) is 51.7 Å².